The molecule has 5 nitrogen and oxygen atoms in total. The van der Waals surface area contributed by atoms with Crippen molar-refractivity contribution in [2.24, 2.45) is 0 Å². The summed E-state index contributed by atoms with van der Waals surface area (Å²) in [7, 11) is 2.02. The molecule has 0 spiro atoms. The van der Waals surface area contributed by atoms with Crippen molar-refractivity contribution in [3.63, 3.8) is 0 Å². The van der Waals surface area contributed by atoms with E-state index in [0.717, 1.165) is 42.8 Å². The standard InChI is InChI=1S/C18H24N4O/c1-3-22-16(10-11-20-22)15-8-6-14(7-9-15)13-19-18(23)17-5-4-12-21(17)2/h6-11,17H,3-5,12-13H2,1-2H3,(H,19,23). The van der Waals surface area contributed by atoms with Gasteiger partial charge in [-0.25, -0.2) is 0 Å². The summed E-state index contributed by atoms with van der Waals surface area (Å²) in [5.74, 6) is 0.137. The van der Waals surface area contributed by atoms with Crippen LogP contribution in [0.2, 0.25) is 0 Å². The number of carbonyl (C=O) groups is 1. The third kappa shape index (κ3) is 3.45. The highest BCUT2D eigenvalue weighted by molar-refractivity contribution is 5.82. The summed E-state index contributed by atoms with van der Waals surface area (Å²) in [6.45, 7) is 4.53. The lowest BCUT2D eigenvalue weighted by atomic mass is 10.1. The first-order valence-corrected chi connectivity index (χ1v) is 8.28. The largest absolute Gasteiger partial charge is 0.351 e. The molecule has 122 valence electrons. The van der Waals surface area contributed by atoms with Crippen molar-refractivity contribution in [1.82, 2.24) is 20.0 Å². The van der Waals surface area contributed by atoms with Gasteiger partial charge in [0.25, 0.3) is 0 Å². The summed E-state index contributed by atoms with van der Waals surface area (Å²) in [6.07, 6.45) is 3.89. The molecule has 1 fully saturated rings. The van der Waals surface area contributed by atoms with Crippen LogP contribution in [0.1, 0.15) is 25.3 Å². The molecule has 0 bridgehead atoms. The lowest BCUT2D eigenvalue weighted by Crippen LogP contribution is -2.41. The molecule has 2 heterocycles. The van der Waals surface area contributed by atoms with E-state index in [1.807, 2.05) is 24.0 Å². The van der Waals surface area contributed by atoms with Crippen LogP contribution in [0.4, 0.5) is 0 Å². The fraction of sp³-hybridized carbons (Fsp3) is 0.444. The van der Waals surface area contributed by atoms with E-state index in [4.69, 9.17) is 0 Å². The van der Waals surface area contributed by atoms with Gasteiger partial charge in [0.2, 0.25) is 5.91 Å². The number of likely N-dealkylation sites (N-methyl/N-ethyl adjacent to an activating group) is 1. The van der Waals surface area contributed by atoms with Crippen LogP contribution in [0, 0.1) is 0 Å². The number of likely N-dealkylation sites (tertiary alicyclic amines) is 1. The highest BCUT2D eigenvalue weighted by atomic mass is 16.2. The van der Waals surface area contributed by atoms with Crippen LogP contribution >= 0.6 is 0 Å². The van der Waals surface area contributed by atoms with Gasteiger partial charge >= 0.3 is 0 Å². The van der Waals surface area contributed by atoms with Gasteiger partial charge < -0.3 is 5.32 Å². The van der Waals surface area contributed by atoms with Gasteiger partial charge in [-0.1, -0.05) is 24.3 Å². The average Bonchev–Trinajstić information content (AvgIpc) is 3.21. The minimum Gasteiger partial charge on any atom is -0.351 e. The molecule has 1 aromatic heterocycles. The van der Waals surface area contributed by atoms with Crippen molar-refractivity contribution in [1.29, 1.82) is 0 Å². The molecule has 3 rings (SSSR count). The number of nitrogens with zero attached hydrogens (tertiary/aromatic N) is 3. The summed E-state index contributed by atoms with van der Waals surface area (Å²) in [6, 6.07) is 10.4. The van der Waals surface area contributed by atoms with Crippen LogP contribution < -0.4 is 5.32 Å². The fourth-order valence-electron chi connectivity index (χ4n) is 3.17. The Balaban J connectivity index is 1.61. The Morgan fingerprint density at radius 2 is 2.09 bits per heavy atom. The zero-order valence-electron chi connectivity index (χ0n) is 13.8. The van der Waals surface area contributed by atoms with Gasteiger partial charge in [0, 0.05) is 19.3 Å². The number of hydrogen-bond donors (Lipinski definition) is 1. The molecule has 1 N–H and O–H groups in total. The first-order chi connectivity index (χ1) is 11.2. The van der Waals surface area contributed by atoms with E-state index in [1.54, 1.807) is 0 Å². The Labute approximate surface area is 137 Å². The van der Waals surface area contributed by atoms with Crippen molar-refractivity contribution < 1.29 is 4.79 Å². The summed E-state index contributed by atoms with van der Waals surface area (Å²) in [5, 5.41) is 7.35. The molecule has 0 saturated carbocycles. The molecule has 1 aliphatic heterocycles. The molecule has 23 heavy (non-hydrogen) atoms. The molecule has 1 amide bonds. The third-order valence-electron chi connectivity index (χ3n) is 4.56. The molecule has 0 radical (unpaired) electrons. The fourth-order valence-corrected chi connectivity index (χ4v) is 3.17. The first-order valence-electron chi connectivity index (χ1n) is 8.28. The molecule has 5 heteroatoms. The number of aryl methyl sites for hydroxylation is 1. The maximum atomic E-state index is 12.2. The van der Waals surface area contributed by atoms with Crippen LogP contribution in [0.15, 0.2) is 36.5 Å². The number of hydrogen-bond acceptors (Lipinski definition) is 3. The van der Waals surface area contributed by atoms with Gasteiger partial charge in [0.15, 0.2) is 0 Å². The summed E-state index contributed by atoms with van der Waals surface area (Å²) >= 11 is 0. The van der Waals surface area contributed by atoms with E-state index >= 15 is 0 Å². The third-order valence-corrected chi connectivity index (χ3v) is 4.56. The van der Waals surface area contributed by atoms with Crippen molar-refractivity contribution >= 4 is 5.91 Å². The number of rotatable bonds is 5. The van der Waals surface area contributed by atoms with Crippen molar-refractivity contribution in [3.05, 3.63) is 42.1 Å². The van der Waals surface area contributed by atoms with Crippen molar-refractivity contribution in [2.45, 2.75) is 38.9 Å². The lowest BCUT2D eigenvalue weighted by Gasteiger charge is -2.18. The van der Waals surface area contributed by atoms with Crippen LogP contribution in [0.5, 0.6) is 0 Å². The molecule has 1 aliphatic rings. The molecule has 1 aromatic carbocycles. The van der Waals surface area contributed by atoms with Gasteiger partial charge in [-0.05, 0) is 50.6 Å². The Hall–Kier alpha value is -2.14. The van der Waals surface area contributed by atoms with Gasteiger partial charge in [0.05, 0.1) is 11.7 Å². The highest BCUT2D eigenvalue weighted by Crippen LogP contribution is 2.20. The molecule has 1 atom stereocenters. The summed E-state index contributed by atoms with van der Waals surface area (Å²) in [4.78, 5) is 14.3. The normalized spacial score (nSPS) is 18.3. The Kier molecular flexibility index (Phi) is 4.76. The SMILES string of the molecule is CCn1nccc1-c1ccc(CNC(=O)C2CCCN2C)cc1. The maximum Gasteiger partial charge on any atom is 0.237 e. The zero-order chi connectivity index (χ0) is 16.2. The molecule has 1 unspecified atom stereocenters. The molecule has 1 saturated heterocycles. The van der Waals surface area contributed by atoms with E-state index in [2.05, 4.69) is 46.5 Å². The highest BCUT2D eigenvalue weighted by Gasteiger charge is 2.27. The number of amides is 1. The number of benzene rings is 1. The average molecular weight is 312 g/mol. The maximum absolute atomic E-state index is 12.2. The minimum atomic E-state index is 0.0354. The zero-order valence-corrected chi connectivity index (χ0v) is 13.8. The Bertz CT molecular complexity index is 662. The molecule has 0 aliphatic carbocycles. The lowest BCUT2D eigenvalue weighted by molar-refractivity contribution is -0.125. The summed E-state index contributed by atoms with van der Waals surface area (Å²) in [5.41, 5.74) is 3.39. The van der Waals surface area contributed by atoms with Crippen LogP contribution in [-0.2, 0) is 17.9 Å². The quantitative estimate of drug-likeness (QED) is 0.921. The van der Waals surface area contributed by atoms with Crippen molar-refractivity contribution in [2.75, 3.05) is 13.6 Å². The van der Waals surface area contributed by atoms with E-state index in [0.29, 0.717) is 6.54 Å². The molecule has 2 aromatic rings. The predicted molar refractivity (Wildman–Crippen MR) is 90.8 cm³/mol. The topological polar surface area (TPSA) is 50.2 Å². The second-order valence-electron chi connectivity index (χ2n) is 6.09. The van der Waals surface area contributed by atoms with Gasteiger partial charge in [-0.15, -0.1) is 0 Å². The molecular formula is C18H24N4O. The van der Waals surface area contributed by atoms with E-state index < -0.39 is 0 Å². The summed E-state index contributed by atoms with van der Waals surface area (Å²) < 4.78 is 1.98. The van der Waals surface area contributed by atoms with E-state index in [9.17, 15) is 4.79 Å². The molecular weight excluding hydrogens is 288 g/mol. The monoisotopic (exact) mass is 312 g/mol. The second-order valence-corrected chi connectivity index (χ2v) is 6.09. The van der Waals surface area contributed by atoms with Crippen LogP contribution in [-0.4, -0.2) is 40.2 Å². The smallest absolute Gasteiger partial charge is 0.237 e. The van der Waals surface area contributed by atoms with Gasteiger partial charge in [0.1, 0.15) is 0 Å². The second kappa shape index (κ2) is 6.96. The van der Waals surface area contributed by atoms with Gasteiger partial charge in [-0.2, -0.15) is 5.10 Å². The predicted octanol–water partition coefficient (Wildman–Crippen LogP) is 2.28. The first kappa shape index (κ1) is 15.7. The van der Waals surface area contributed by atoms with E-state index in [1.165, 1.54) is 0 Å². The number of aromatic nitrogens is 2. The minimum absolute atomic E-state index is 0.0354. The van der Waals surface area contributed by atoms with Crippen molar-refractivity contribution in [3.8, 4) is 11.3 Å². The van der Waals surface area contributed by atoms with Gasteiger partial charge in [-0.3, -0.25) is 14.4 Å². The number of nitrogens with one attached hydrogen (secondary N) is 1. The Morgan fingerprint density at radius 1 is 1.30 bits per heavy atom. The van der Waals surface area contributed by atoms with Crippen LogP contribution in [0.3, 0.4) is 0 Å². The van der Waals surface area contributed by atoms with Crippen LogP contribution in [0.25, 0.3) is 11.3 Å². The van der Waals surface area contributed by atoms with E-state index in [-0.39, 0.29) is 11.9 Å². The number of carbonyl (C=O) groups excluding carboxylic acids is 1. The Morgan fingerprint density at radius 3 is 2.74 bits per heavy atom.